The summed E-state index contributed by atoms with van der Waals surface area (Å²) in [6.45, 7) is 3.54. The van der Waals surface area contributed by atoms with E-state index in [1.807, 2.05) is 0 Å². The smallest absolute Gasteiger partial charge is 0.00248 e. The summed E-state index contributed by atoms with van der Waals surface area (Å²) in [6.07, 6.45) is 14.4. The molecule has 0 aliphatic rings. The summed E-state index contributed by atoms with van der Waals surface area (Å²) >= 11 is 0. The maximum atomic E-state index is 2.28. The van der Waals surface area contributed by atoms with Crippen LogP contribution in [0.15, 0.2) is 0 Å². The average molecular weight is 286 g/mol. The Labute approximate surface area is 122 Å². The lowest BCUT2D eigenvalue weighted by molar-refractivity contribution is 0.389. The third kappa shape index (κ3) is 22.2. The van der Waals surface area contributed by atoms with Gasteiger partial charge in [-0.25, -0.2) is 0 Å². The Balaban J connectivity index is -0.000000980. The van der Waals surface area contributed by atoms with Crippen molar-refractivity contribution < 1.29 is 0 Å². The zero-order valence-corrected chi connectivity index (χ0v) is 13.7. The predicted octanol–water partition coefficient (Wildman–Crippen LogP) is 5.31. The van der Waals surface area contributed by atoms with E-state index in [1.54, 1.807) is 0 Å². The quantitative estimate of drug-likeness (QED) is 0.465. The molecule has 0 aromatic heterocycles. The molecule has 1 nitrogen and oxygen atoms in total. The normalized spacial score (nSPS) is 9.88. The maximum Gasteiger partial charge on any atom is -0.00248 e. The van der Waals surface area contributed by atoms with Crippen molar-refractivity contribution in [2.24, 2.45) is 0 Å². The van der Waals surface area contributed by atoms with Crippen molar-refractivity contribution in [3.05, 3.63) is 0 Å². The van der Waals surface area contributed by atoms with E-state index in [4.69, 9.17) is 0 Å². The Bertz CT molecular complexity index is 119. The summed E-state index contributed by atoms with van der Waals surface area (Å²) in [5, 5.41) is 0. The Hall–Kier alpha value is 0.540. The van der Waals surface area contributed by atoms with Crippen LogP contribution in [-0.4, -0.2) is 25.5 Å². The van der Waals surface area contributed by atoms with Crippen LogP contribution in [-0.2, 0) is 0 Å². The lowest BCUT2D eigenvalue weighted by Gasteiger charge is -2.08. The fraction of sp³-hybridized carbons (Fsp3) is 1.00. The highest BCUT2D eigenvalue weighted by molar-refractivity contribution is 5.85. The first-order valence-corrected chi connectivity index (χ1v) is 6.92. The van der Waals surface area contributed by atoms with Crippen LogP contribution in [0.3, 0.4) is 0 Å². The second-order valence-corrected chi connectivity index (χ2v) is 4.99. The third-order valence-electron chi connectivity index (χ3n) is 2.96. The maximum absolute atomic E-state index is 2.28. The molecule has 0 aliphatic carbocycles. The molecule has 0 aromatic carbocycles. The van der Waals surface area contributed by atoms with Crippen molar-refractivity contribution in [3.8, 4) is 0 Å². The van der Waals surface area contributed by atoms with E-state index >= 15 is 0 Å². The van der Waals surface area contributed by atoms with Crippen LogP contribution in [0.25, 0.3) is 0 Å². The molecule has 0 aromatic rings. The molecule has 17 heavy (non-hydrogen) atoms. The highest BCUT2D eigenvalue weighted by Gasteiger charge is 1.93. The molecule has 0 heterocycles. The minimum absolute atomic E-state index is 0. The lowest BCUT2D eigenvalue weighted by Crippen LogP contribution is -2.12. The van der Waals surface area contributed by atoms with Crippen molar-refractivity contribution in [1.82, 2.24) is 4.90 Å². The molecule has 3 heteroatoms. The topological polar surface area (TPSA) is 3.24 Å². The number of unbranched alkanes of at least 4 members (excludes halogenated alkanes) is 9. The summed E-state index contributed by atoms with van der Waals surface area (Å²) < 4.78 is 0. The summed E-state index contributed by atoms with van der Waals surface area (Å²) in [5.41, 5.74) is 0. The lowest BCUT2D eigenvalue weighted by atomic mass is 10.1. The number of rotatable bonds is 11. The summed E-state index contributed by atoms with van der Waals surface area (Å²) in [6, 6.07) is 0. The molecule has 0 saturated carbocycles. The van der Waals surface area contributed by atoms with E-state index in [2.05, 4.69) is 25.9 Å². The first-order valence-electron chi connectivity index (χ1n) is 6.92. The molecular formula is C14H33Cl2N. The summed E-state index contributed by atoms with van der Waals surface area (Å²) in [7, 11) is 4.32. The molecular weight excluding hydrogens is 253 g/mol. The molecule has 0 aliphatic heterocycles. The summed E-state index contributed by atoms with van der Waals surface area (Å²) in [4.78, 5) is 2.28. The van der Waals surface area contributed by atoms with Gasteiger partial charge in [-0.1, -0.05) is 64.7 Å². The Morgan fingerprint density at radius 3 is 1.29 bits per heavy atom. The van der Waals surface area contributed by atoms with Gasteiger partial charge in [-0.3, -0.25) is 0 Å². The van der Waals surface area contributed by atoms with E-state index in [0.29, 0.717) is 0 Å². The van der Waals surface area contributed by atoms with Crippen LogP contribution >= 0.6 is 24.8 Å². The van der Waals surface area contributed by atoms with Crippen LogP contribution in [0.5, 0.6) is 0 Å². The Morgan fingerprint density at radius 2 is 0.941 bits per heavy atom. The minimum Gasteiger partial charge on any atom is -0.309 e. The van der Waals surface area contributed by atoms with Gasteiger partial charge in [0, 0.05) is 0 Å². The molecule has 0 amide bonds. The van der Waals surface area contributed by atoms with E-state index < -0.39 is 0 Å². The number of nitrogens with zero attached hydrogens (tertiary/aromatic N) is 1. The molecule has 0 N–H and O–H groups in total. The molecule has 0 radical (unpaired) electrons. The number of halogens is 2. The monoisotopic (exact) mass is 285 g/mol. The van der Waals surface area contributed by atoms with Gasteiger partial charge in [-0.05, 0) is 27.1 Å². The Kier molecular flexibility index (Phi) is 25.2. The molecule has 0 fully saturated rings. The van der Waals surface area contributed by atoms with Gasteiger partial charge in [-0.15, -0.1) is 24.8 Å². The van der Waals surface area contributed by atoms with E-state index in [0.717, 1.165) is 0 Å². The SMILES string of the molecule is CCCCCCCCCCCCN(C)C.Cl.Cl. The zero-order valence-electron chi connectivity index (χ0n) is 12.0. The summed E-state index contributed by atoms with van der Waals surface area (Å²) in [5.74, 6) is 0. The average Bonchev–Trinajstić information content (AvgIpc) is 2.20. The van der Waals surface area contributed by atoms with Gasteiger partial charge >= 0.3 is 0 Å². The third-order valence-corrected chi connectivity index (χ3v) is 2.96. The number of hydrogen-bond donors (Lipinski definition) is 0. The van der Waals surface area contributed by atoms with E-state index in [9.17, 15) is 0 Å². The van der Waals surface area contributed by atoms with E-state index in [1.165, 1.54) is 70.8 Å². The fourth-order valence-electron chi connectivity index (χ4n) is 1.92. The molecule has 0 atom stereocenters. The van der Waals surface area contributed by atoms with Crippen LogP contribution in [0, 0.1) is 0 Å². The van der Waals surface area contributed by atoms with Gasteiger partial charge in [0.05, 0.1) is 0 Å². The van der Waals surface area contributed by atoms with Gasteiger partial charge in [-0.2, -0.15) is 0 Å². The molecule has 0 saturated heterocycles. The second-order valence-electron chi connectivity index (χ2n) is 4.99. The van der Waals surface area contributed by atoms with Crippen LogP contribution in [0.4, 0.5) is 0 Å². The van der Waals surface area contributed by atoms with Crippen molar-refractivity contribution in [3.63, 3.8) is 0 Å². The second kappa shape index (κ2) is 18.9. The molecule has 0 unspecified atom stereocenters. The fourth-order valence-corrected chi connectivity index (χ4v) is 1.92. The van der Waals surface area contributed by atoms with Crippen LogP contribution in [0.1, 0.15) is 71.1 Å². The highest BCUT2D eigenvalue weighted by atomic mass is 35.5. The predicted molar refractivity (Wildman–Crippen MR) is 84.9 cm³/mol. The molecule has 0 rings (SSSR count). The van der Waals surface area contributed by atoms with Crippen LogP contribution < -0.4 is 0 Å². The molecule has 0 spiro atoms. The first kappa shape index (κ1) is 22.7. The largest absolute Gasteiger partial charge is 0.309 e. The van der Waals surface area contributed by atoms with Crippen molar-refractivity contribution in [1.29, 1.82) is 0 Å². The van der Waals surface area contributed by atoms with Gasteiger partial charge in [0.1, 0.15) is 0 Å². The van der Waals surface area contributed by atoms with Gasteiger partial charge in [0.2, 0.25) is 0 Å². The molecule has 0 bridgehead atoms. The standard InChI is InChI=1S/C14H31N.2ClH/c1-4-5-6-7-8-9-10-11-12-13-14-15(2)3;;/h4-14H2,1-3H3;2*1H. The van der Waals surface area contributed by atoms with Crippen molar-refractivity contribution in [2.75, 3.05) is 20.6 Å². The van der Waals surface area contributed by atoms with Crippen LogP contribution in [0.2, 0.25) is 0 Å². The first-order chi connectivity index (χ1) is 7.27. The number of hydrogen-bond acceptors (Lipinski definition) is 1. The minimum atomic E-state index is 0. The van der Waals surface area contributed by atoms with Crippen molar-refractivity contribution >= 4 is 24.8 Å². The van der Waals surface area contributed by atoms with Gasteiger partial charge in [0.25, 0.3) is 0 Å². The van der Waals surface area contributed by atoms with Gasteiger partial charge < -0.3 is 4.90 Å². The highest BCUT2D eigenvalue weighted by Crippen LogP contribution is 2.10. The van der Waals surface area contributed by atoms with Crippen molar-refractivity contribution in [2.45, 2.75) is 71.1 Å². The van der Waals surface area contributed by atoms with E-state index in [-0.39, 0.29) is 24.8 Å². The van der Waals surface area contributed by atoms with Gasteiger partial charge in [0.15, 0.2) is 0 Å². The molecule has 108 valence electrons. The zero-order chi connectivity index (χ0) is 11.4. The Morgan fingerprint density at radius 1 is 0.588 bits per heavy atom.